The molecule has 1 amide bonds. The molecule has 7 nitrogen and oxygen atoms in total. The Labute approximate surface area is 157 Å². The van der Waals surface area contributed by atoms with Gasteiger partial charge in [0.25, 0.3) is 5.91 Å². The highest BCUT2D eigenvalue weighted by atomic mass is 19.1. The lowest BCUT2D eigenvalue weighted by molar-refractivity contribution is 0.0947. The van der Waals surface area contributed by atoms with Gasteiger partial charge in [0.1, 0.15) is 11.6 Å². The number of nitrogens with one attached hydrogen (secondary N) is 1. The molecule has 0 aliphatic heterocycles. The third-order valence-corrected chi connectivity index (χ3v) is 4.19. The van der Waals surface area contributed by atoms with E-state index in [0.717, 1.165) is 18.8 Å². The zero-order valence-electron chi connectivity index (χ0n) is 15.5. The summed E-state index contributed by atoms with van der Waals surface area (Å²) < 4.78 is 17.2. The van der Waals surface area contributed by atoms with Gasteiger partial charge in [-0.1, -0.05) is 37.3 Å². The molecule has 142 valence electrons. The first-order valence-corrected chi connectivity index (χ1v) is 8.97. The Balaban J connectivity index is 1.48. The Morgan fingerprint density at radius 2 is 2.11 bits per heavy atom. The van der Waals surface area contributed by atoms with Crippen molar-refractivity contribution in [2.45, 2.75) is 39.3 Å². The summed E-state index contributed by atoms with van der Waals surface area (Å²) in [6.07, 6.45) is 6.05. The monoisotopic (exact) mass is 370 g/mol. The number of aryl methyl sites for hydroxylation is 1. The van der Waals surface area contributed by atoms with Gasteiger partial charge in [-0.3, -0.25) is 4.79 Å². The minimum absolute atomic E-state index is 0.219. The van der Waals surface area contributed by atoms with Crippen molar-refractivity contribution in [1.82, 2.24) is 29.9 Å². The second-order valence-electron chi connectivity index (χ2n) is 6.64. The minimum atomic E-state index is -0.306. The number of aromatic nitrogens is 5. The molecule has 0 radical (unpaired) electrons. The van der Waals surface area contributed by atoms with E-state index in [1.165, 1.54) is 16.9 Å². The van der Waals surface area contributed by atoms with E-state index in [2.05, 4.69) is 39.0 Å². The molecule has 0 unspecified atom stereocenters. The molecule has 3 aromatic rings. The summed E-state index contributed by atoms with van der Waals surface area (Å²) in [6.45, 7) is 5.74. The average molecular weight is 370 g/mol. The molecule has 0 aliphatic rings. The van der Waals surface area contributed by atoms with Crippen LogP contribution in [0.1, 0.15) is 48.1 Å². The predicted octanol–water partition coefficient (Wildman–Crippen LogP) is 2.61. The topological polar surface area (TPSA) is 77.6 Å². The lowest BCUT2D eigenvalue weighted by Crippen LogP contribution is -2.25. The molecule has 0 aliphatic carbocycles. The van der Waals surface area contributed by atoms with Gasteiger partial charge in [-0.2, -0.15) is 0 Å². The van der Waals surface area contributed by atoms with E-state index in [1.807, 2.05) is 6.20 Å². The molecule has 1 N–H and O–H groups in total. The highest BCUT2D eigenvalue weighted by Gasteiger charge is 2.12. The third-order valence-electron chi connectivity index (χ3n) is 4.19. The number of halogens is 1. The van der Waals surface area contributed by atoms with Crippen molar-refractivity contribution in [3.05, 3.63) is 65.8 Å². The van der Waals surface area contributed by atoms with Crippen molar-refractivity contribution in [2.24, 2.45) is 0 Å². The number of nitrogens with zero attached hydrogens (tertiary/aromatic N) is 5. The Hall–Kier alpha value is -3.03. The van der Waals surface area contributed by atoms with Crippen LogP contribution in [0.2, 0.25) is 0 Å². The van der Waals surface area contributed by atoms with Gasteiger partial charge in [0, 0.05) is 37.0 Å². The summed E-state index contributed by atoms with van der Waals surface area (Å²) in [7, 11) is 0. The largest absolute Gasteiger partial charge is 0.351 e. The number of hydrogen-bond donors (Lipinski definition) is 1. The Morgan fingerprint density at radius 3 is 2.89 bits per heavy atom. The Morgan fingerprint density at radius 1 is 1.30 bits per heavy atom. The summed E-state index contributed by atoms with van der Waals surface area (Å²) in [4.78, 5) is 16.5. The summed E-state index contributed by atoms with van der Waals surface area (Å²) in [5.74, 6) is 0.806. The molecule has 0 saturated carbocycles. The molecule has 1 aromatic carbocycles. The Kier molecular flexibility index (Phi) is 5.95. The maximum Gasteiger partial charge on any atom is 0.273 e. The molecule has 27 heavy (non-hydrogen) atoms. The molecule has 3 rings (SSSR count). The number of carbonyl (C=O) groups excluding carboxylic acids is 1. The lowest BCUT2D eigenvalue weighted by atomic mass is 10.2. The van der Waals surface area contributed by atoms with Crippen molar-refractivity contribution < 1.29 is 9.18 Å². The third kappa shape index (κ3) is 4.78. The highest BCUT2D eigenvalue weighted by molar-refractivity contribution is 5.91. The van der Waals surface area contributed by atoms with Gasteiger partial charge in [0.05, 0.1) is 12.7 Å². The molecular weight excluding hydrogens is 347 g/mol. The average Bonchev–Trinajstić information content (AvgIpc) is 3.30. The normalized spacial score (nSPS) is 11.1. The van der Waals surface area contributed by atoms with Gasteiger partial charge in [0.2, 0.25) is 0 Å². The fourth-order valence-corrected chi connectivity index (χ4v) is 2.83. The zero-order chi connectivity index (χ0) is 19.2. The standard InChI is InChI=1S/C19H23FN6O/c1-14(2)18-21-9-11-25(18)10-5-8-22-19(27)17-13-26(24-23-17)12-15-6-3-4-7-16(15)20/h3-4,6-7,9,11,13-14H,5,8,10,12H2,1-2H3,(H,22,27). The first-order chi connectivity index (χ1) is 13.0. The summed E-state index contributed by atoms with van der Waals surface area (Å²) in [6, 6.07) is 6.46. The number of carbonyl (C=O) groups is 1. The van der Waals surface area contributed by atoms with Gasteiger partial charge in [-0.05, 0) is 12.5 Å². The molecule has 0 fully saturated rings. The van der Waals surface area contributed by atoms with E-state index >= 15 is 0 Å². The molecular formula is C19H23FN6O. The number of benzene rings is 1. The molecule has 0 atom stereocenters. The first kappa shape index (κ1) is 18.8. The fourth-order valence-electron chi connectivity index (χ4n) is 2.83. The summed E-state index contributed by atoms with van der Waals surface area (Å²) >= 11 is 0. The van der Waals surface area contributed by atoms with Gasteiger partial charge in [-0.25, -0.2) is 14.1 Å². The van der Waals surface area contributed by atoms with Gasteiger partial charge >= 0.3 is 0 Å². The minimum Gasteiger partial charge on any atom is -0.351 e. The van der Waals surface area contributed by atoms with Crippen molar-refractivity contribution in [2.75, 3.05) is 6.54 Å². The van der Waals surface area contributed by atoms with Crippen molar-refractivity contribution in [3.63, 3.8) is 0 Å². The number of rotatable bonds is 8. The van der Waals surface area contributed by atoms with Crippen molar-refractivity contribution >= 4 is 5.91 Å². The van der Waals surface area contributed by atoms with E-state index in [-0.39, 0.29) is 24.0 Å². The van der Waals surface area contributed by atoms with Gasteiger partial charge in [0.15, 0.2) is 5.69 Å². The van der Waals surface area contributed by atoms with Crippen LogP contribution in [-0.2, 0) is 13.1 Å². The predicted molar refractivity (Wildman–Crippen MR) is 98.8 cm³/mol. The van der Waals surface area contributed by atoms with Crippen LogP contribution in [-0.4, -0.2) is 37.0 Å². The van der Waals surface area contributed by atoms with Crippen LogP contribution in [0.5, 0.6) is 0 Å². The molecule has 8 heteroatoms. The second-order valence-corrected chi connectivity index (χ2v) is 6.64. The smallest absolute Gasteiger partial charge is 0.273 e. The van der Waals surface area contributed by atoms with Gasteiger partial charge < -0.3 is 9.88 Å². The SMILES string of the molecule is CC(C)c1nccn1CCCNC(=O)c1cn(Cc2ccccc2F)nn1. The van der Waals surface area contributed by atoms with Crippen LogP contribution in [0, 0.1) is 5.82 Å². The van der Waals surface area contributed by atoms with Crippen LogP contribution in [0.25, 0.3) is 0 Å². The molecule has 2 aromatic heterocycles. The number of imidazole rings is 1. The second kappa shape index (κ2) is 8.57. The lowest BCUT2D eigenvalue weighted by Gasteiger charge is -2.10. The van der Waals surface area contributed by atoms with Crippen LogP contribution in [0.4, 0.5) is 4.39 Å². The first-order valence-electron chi connectivity index (χ1n) is 8.97. The van der Waals surface area contributed by atoms with Crippen LogP contribution >= 0.6 is 0 Å². The van der Waals surface area contributed by atoms with E-state index in [4.69, 9.17) is 0 Å². The van der Waals surface area contributed by atoms with Crippen LogP contribution in [0.3, 0.4) is 0 Å². The molecule has 2 heterocycles. The van der Waals surface area contributed by atoms with E-state index in [0.29, 0.717) is 18.0 Å². The fraction of sp³-hybridized carbons (Fsp3) is 0.368. The maximum absolute atomic E-state index is 13.7. The van der Waals surface area contributed by atoms with E-state index in [9.17, 15) is 9.18 Å². The van der Waals surface area contributed by atoms with E-state index < -0.39 is 0 Å². The van der Waals surface area contributed by atoms with E-state index in [1.54, 1.807) is 24.4 Å². The number of hydrogen-bond acceptors (Lipinski definition) is 4. The molecule has 0 saturated heterocycles. The van der Waals surface area contributed by atoms with Gasteiger partial charge in [-0.15, -0.1) is 5.10 Å². The van der Waals surface area contributed by atoms with Crippen molar-refractivity contribution in [3.8, 4) is 0 Å². The molecule has 0 spiro atoms. The Bertz CT molecular complexity index is 901. The van der Waals surface area contributed by atoms with Crippen LogP contribution in [0.15, 0.2) is 42.9 Å². The quantitative estimate of drug-likeness (QED) is 0.618. The highest BCUT2D eigenvalue weighted by Crippen LogP contribution is 2.12. The summed E-state index contributed by atoms with van der Waals surface area (Å²) in [5.41, 5.74) is 0.715. The zero-order valence-corrected chi connectivity index (χ0v) is 15.5. The van der Waals surface area contributed by atoms with Crippen LogP contribution < -0.4 is 5.32 Å². The maximum atomic E-state index is 13.7. The molecule has 0 bridgehead atoms. The van der Waals surface area contributed by atoms with Crippen molar-refractivity contribution in [1.29, 1.82) is 0 Å². The number of amides is 1. The summed E-state index contributed by atoms with van der Waals surface area (Å²) in [5, 5.41) is 10.6.